The molecule has 1 rings (SSSR count). The Balaban J connectivity index is 2.36. The van der Waals surface area contributed by atoms with Crippen LogP contribution in [-0.4, -0.2) is 28.8 Å². The van der Waals surface area contributed by atoms with Crippen LogP contribution in [0, 0.1) is 5.92 Å². The Morgan fingerprint density at radius 1 is 1.67 bits per heavy atom. The molecule has 1 heterocycles. The molecule has 1 amide bonds. The third-order valence-electron chi connectivity index (χ3n) is 3.00. The number of rotatable bonds is 7. The van der Waals surface area contributed by atoms with Gasteiger partial charge in [0, 0.05) is 18.9 Å². The average Bonchev–Trinajstić information content (AvgIpc) is 2.78. The number of aliphatic hydroxyl groups is 1. The first-order chi connectivity index (χ1) is 8.56. The predicted octanol–water partition coefficient (Wildman–Crippen LogP) is 1.78. The number of nitrogens with one attached hydrogen (secondary N) is 1. The Morgan fingerprint density at radius 2 is 2.39 bits per heavy atom. The minimum absolute atomic E-state index is 0.0467. The molecule has 0 spiro atoms. The van der Waals surface area contributed by atoms with Crippen LogP contribution in [-0.2, 0) is 11.2 Å². The van der Waals surface area contributed by atoms with Gasteiger partial charge in [-0.3, -0.25) is 4.79 Å². The lowest BCUT2D eigenvalue weighted by atomic mass is 10.00. The molecule has 1 aromatic heterocycles. The highest BCUT2D eigenvalue weighted by atomic mass is 35.5. The molecule has 0 aliphatic rings. The van der Waals surface area contributed by atoms with E-state index >= 15 is 0 Å². The normalized spacial score (nSPS) is 14.2. The molecule has 0 radical (unpaired) electrons. The van der Waals surface area contributed by atoms with E-state index in [0.717, 1.165) is 6.42 Å². The first kappa shape index (κ1) is 15.0. The molecule has 2 atom stereocenters. The van der Waals surface area contributed by atoms with Crippen molar-refractivity contribution in [1.82, 2.24) is 10.5 Å². The minimum atomic E-state index is -0.194. The van der Waals surface area contributed by atoms with Crippen LogP contribution in [0.15, 0.2) is 10.6 Å². The molecular weight excluding hydrogens is 256 g/mol. The van der Waals surface area contributed by atoms with Crippen LogP contribution < -0.4 is 5.32 Å². The molecule has 6 heteroatoms. The van der Waals surface area contributed by atoms with Crippen LogP contribution in [0.5, 0.6) is 0 Å². The van der Waals surface area contributed by atoms with Gasteiger partial charge in [-0.1, -0.05) is 37.0 Å². The van der Waals surface area contributed by atoms with E-state index in [-0.39, 0.29) is 24.5 Å². The third-order valence-corrected chi connectivity index (χ3v) is 3.18. The Hall–Kier alpha value is -1.07. The number of aryl methyl sites for hydroxylation is 1. The van der Waals surface area contributed by atoms with Gasteiger partial charge >= 0.3 is 0 Å². The summed E-state index contributed by atoms with van der Waals surface area (Å²) in [6.07, 6.45) is 1.64. The lowest BCUT2D eigenvalue weighted by Gasteiger charge is -2.21. The maximum atomic E-state index is 11.7. The van der Waals surface area contributed by atoms with Crippen molar-refractivity contribution in [3.8, 4) is 0 Å². The first-order valence-corrected chi connectivity index (χ1v) is 6.46. The maximum Gasteiger partial charge on any atom is 0.220 e. The highest BCUT2D eigenvalue weighted by Gasteiger charge is 2.17. The van der Waals surface area contributed by atoms with E-state index in [2.05, 4.69) is 10.5 Å². The van der Waals surface area contributed by atoms with E-state index in [4.69, 9.17) is 16.1 Å². The van der Waals surface area contributed by atoms with E-state index in [0.29, 0.717) is 23.8 Å². The fraction of sp³-hybridized carbons (Fsp3) is 0.667. The van der Waals surface area contributed by atoms with Gasteiger partial charge in [0.25, 0.3) is 0 Å². The summed E-state index contributed by atoms with van der Waals surface area (Å²) in [6, 6.07) is 1.40. The van der Waals surface area contributed by atoms with Crippen molar-refractivity contribution in [3.05, 3.63) is 17.0 Å². The SMILES string of the molecule is CC[C@@H](C)[C@H](CO)NC(=O)CCc1cc(Cl)no1. The van der Waals surface area contributed by atoms with Crippen LogP contribution in [0.3, 0.4) is 0 Å². The number of halogens is 1. The highest BCUT2D eigenvalue weighted by Crippen LogP contribution is 2.11. The summed E-state index contributed by atoms with van der Waals surface area (Å²) in [5.74, 6) is 0.722. The lowest BCUT2D eigenvalue weighted by molar-refractivity contribution is -0.122. The summed E-state index contributed by atoms with van der Waals surface area (Å²) in [7, 11) is 0. The number of aliphatic hydroxyl groups excluding tert-OH is 1. The number of amides is 1. The Bertz CT molecular complexity index is 381. The minimum Gasteiger partial charge on any atom is -0.394 e. The maximum absolute atomic E-state index is 11.7. The van der Waals surface area contributed by atoms with Crippen molar-refractivity contribution < 1.29 is 14.4 Å². The quantitative estimate of drug-likeness (QED) is 0.795. The molecule has 102 valence electrons. The van der Waals surface area contributed by atoms with E-state index in [1.54, 1.807) is 6.07 Å². The number of nitrogens with zero attached hydrogens (tertiary/aromatic N) is 1. The Labute approximate surface area is 111 Å². The summed E-state index contributed by atoms with van der Waals surface area (Å²) in [5, 5.41) is 15.8. The van der Waals surface area contributed by atoms with E-state index in [1.807, 2.05) is 13.8 Å². The molecule has 0 aromatic carbocycles. The number of carbonyl (C=O) groups is 1. The number of hydrogen-bond donors (Lipinski definition) is 2. The summed E-state index contributed by atoms with van der Waals surface area (Å²) in [4.78, 5) is 11.7. The van der Waals surface area contributed by atoms with Crippen molar-refractivity contribution in [2.24, 2.45) is 5.92 Å². The smallest absolute Gasteiger partial charge is 0.220 e. The molecule has 0 bridgehead atoms. The van der Waals surface area contributed by atoms with Crippen molar-refractivity contribution in [1.29, 1.82) is 0 Å². The molecule has 0 unspecified atom stereocenters. The first-order valence-electron chi connectivity index (χ1n) is 6.08. The standard InChI is InChI=1S/C12H19ClN2O3/c1-3-8(2)10(7-16)14-12(17)5-4-9-6-11(13)15-18-9/h6,8,10,16H,3-5,7H2,1-2H3,(H,14,17)/t8-,10+/m1/s1. The topological polar surface area (TPSA) is 75.4 Å². The van der Waals surface area contributed by atoms with E-state index in [9.17, 15) is 9.90 Å². The zero-order chi connectivity index (χ0) is 13.5. The molecule has 2 N–H and O–H groups in total. The van der Waals surface area contributed by atoms with Gasteiger partial charge < -0.3 is 14.9 Å². The summed E-state index contributed by atoms with van der Waals surface area (Å²) < 4.78 is 4.90. The van der Waals surface area contributed by atoms with Gasteiger partial charge in [0.15, 0.2) is 5.15 Å². The van der Waals surface area contributed by atoms with Gasteiger partial charge in [-0.15, -0.1) is 0 Å². The van der Waals surface area contributed by atoms with Crippen LogP contribution in [0.25, 0.3) is 0 Å². The second-order valence-electron chi connectivity index (χ2n) is 4.36. The van der Waals surface area contributed by atoms with Crippen molar-refractivity contribution >= 4 is 17.5 Å². The summed E-state index contributed by atoms with van der Waals surface area (Å²) in [6.45, 7) is 3.97. The summed E-state index contributed by atoms with van der Waals surface area (Å²) >= 11 is 5.60. The Morgan fingerprint density at radius 3 is 2.89 bits per heavy atom. The predicted molar refractivity (Wildman–Crippen MR) is 68.3 cm³/mol. The molecule has 1 aromatic rings. The van der Waals surface area contributed by atoms with Crippen molar-refractivity contribution in [3.63, 3.8) is 0 Å². The van der Waals surface area contributed by atoms with Gasteiger partial charge in [-0.05, 0) is 5.92 Å². The zero-order valence-electron chi connectivity index (χ0n) is 10.6. The zero-order valence-corrected chi connectivity index (χ0v) is 11.4. The van der Waals surface area contributed by atoms with Gasteiger partial charge in [0.1, 0.15) is 5.76 Å². The van der Waals surface area contributed by atoms with Gasteiger partial charge in [-0.2, -0.15) is 0 Å². The van der Waals surface area contributed by atoms with Gasteiger partial charge in [0.2, 0.25) is 5.91 Å². The van der Waals surface area contributed by atoms with Crippen LogP contribution in [0.1, 0.15) is 32.4 Å². The second kappa shape index (κ2) is 7.38. The van der Waals surface area contributed by atoms with Gasteiger partial charge in [0.05, 0.1) is 12.6 Å². The van der Waals surface area contributed by atoms with Gasteiger partial charge in [-0.25, -0.2) is 0 Å². The lowest BCUT2D eigenvalue weighted by Crippen LogP contribution is -2.41. The molecule has 5 nitrogen and oxygen atoms in total. The largest absolute Gasteiger partial charge is 0.394 e. The third kappa shape index (κ3) is 4.66. The number of carbonyl (C=O) groups excluding carboxylic acids is 1. The summed E-state index contributed by atoms with van der Waals surface area (Å²) in [5.41, 5.74) is 0. The second-order valence-corrected chi connectivity index (χ2v) is 4.75. The molecule has 0 aliphatic carbocycles. The monoisotopic (exact) mass is 274 g/mol. The average molecular weight is 275 g/mol. The fourth-order valence-corrected chi connectivity index (χ4v) is 1.73. The van der Waals surface area contributed by atoms with Crippen LogP contribution >= 0.6 is 11.6 Å². The molecule has 0 fully saturated rings. The van der Waals surface area contributed by atoms with Crippen molar-refractivity contribution in [2.45, 2.75) is 39.2 Å². The number of aromatic nitrogens is 1. The Kier molecular flexibility index (Phi) is 6.15. The van der Waals surface area contributed by atoms with E-state index in [1.165, 1.54) is 0 Å². The molecule has 0 aliphatic heterocycles. The molecule has 0 saturated heterocycles. The van der Waals surface area contributed by atoms with Crippen LogP contribution in [0.2, 0.25) is 5.15 Å². The fourth-order valence-electron chi connectivity index (χ4n) is 1.57. The molecule has 18 heavy (non-hydrogen) atoms. The van der Waals surface area contributed by atoms with E-state index < -0.39 is 0 Å². The molecule has 0 saturated carbocycles. The van der Waals surface area contributed by atoms with Crippen LogP contribution in [0.4, 0.5) is 0 Å². The highest BCUT2D eigenvalue weighted by molar-refractivity contribution is 6.29. The number of hydrogen-bond acceptors (Lipinski definition) is 4. The molecular formula is C12H19ClN2O3. The van der Waals surface area contributed by atoms with Crippen molar-refractivity contribution in [2.75, 3.05) is 6.61 Å².